The highest BCUT2D eigenvalue weighted by Gasteiger charge is 2.41. The summed E-state index contributed by atoms with van der Waals surface area (Å²) in [7, 11) is 0. The molecule has 140 valence electrons. The minimum atomic E-state index is 0.0656. The summed E-state index contributed by atoms with van der Waals surface area (Å²) in [4.78, 5) is 4.82. The second-order valence-corrected chi connectivity index (χ2v) is 9.28. The van der Waals surface area contributed by atoms with Gasteiger partial charge in [-0.2, -0.15) is 0 Å². The van der Waals surface area contributed by atoms with Gasteiger partial charge in [-0.25, -0.2) is 4.57 Å². The second kappa shape index (κ2) is 6.79. The van der Waals surface area contributed by atoms with E-state index in [2.05, 4.69) is 77.6 Å². The van der Waals surface area contributed by atoms with E-state index in [1.54, 1.807) is 5.56 Å². The number of hydrogen-bond donors (Lipinski definition) is 0. The number of aromatic nitrogens is 2. The van der Waals surface area contributed by atoms with Gasteiger partial charge in [-0.05, 0) is 43.9 Å². The summed E-state index contributed by atoms with van der Waals surface area (Å²) >= 11 is 0. The maximum absolute atomic E-state index is 4.82. The van der Waals surface area contributed by atoms with Crippen molar-refractivity contribution in [1.29, 1.82) is 0 Å². The van der Waals surface area contributed by atoms with Crippen LogP contribution in [0.3, 0.4) is 0 Å². The van der Waals surface area contributed by atoms with Crippen molar-refractivity contribution in [3.63, 3.8) is 0 Å². The van der Waals surface area contributed by atoms with Crippen molar-refractivity contribution in [1.82, 2.24) is 4.98 Å². The van der Waals surface area contributed by atoms with Crippen LogP contribution in [0.1, 0.15) is 82.7 Å². The topological polar surface area (TPSA) is 16.8 Å². The van der Waals surface area contributed by atoms with Gasteiger partial charge >= 0.3 is 0 Å². The van der Waals surface area contributed by atoms with Crippen molar-refractivity contribution in [3.05, 3.63) is 46.9 Å². The zero-order valence-corrected chi connectivity index (χ0v) is 17.7. The van der Waals surface area contributed by atoms with Crippen molar-refractivity contribution in [2.45, 2.75) is 91.5 Å². The molecule has 2 nitrogen and oxygen atoms in total. The van der Waals surface area contributed by atoms with Crippen LogP contribution in [-0.4, -0.2) is 4.98 Å². The molecule has 0 saturated carbocycles. The Morgan fingerprint density at radius 2 is 1.85 bits per heavy atom. The van der Waals surface area contributed by atoms with Crippen LogP contribution in [0, 0.1) is 13.8 Å². The maximum atomic E-state index is 4.82. The Balaban J connectivity index is 2.27. The molecule has 0 bridgehead atoms. The zero-order chi connectivity index (χ0) is 19.1. The van der Waals surface area contributed by atoms with E-state index >= 15 is 0 Å². The standard InChI is InChI=1S/C24H35N2/c1-8-10-11-24(9-2)15-26-16-25-21(23(5,6)7)14-20(26)19-13-17(3)12-18(4)22(19)24/h12-14,16H,8-11,15H2,1-7H3/q+1. The lowest BCUT2D eigenvalue weighted by Crippen LogP contribution is -2.52. The molecule has 1 aliphatic heterocycles. The van der Waals surface area contributed by atoms with Crippen molar-refractivity contribution in [2.24, 2.45) is 0 Å². The second-order valence-electron chi connectivity index (χ2n) is 9.28. The van der Waals surface area contributed by atoms with E-state index in [1.807, 2.05) is 0 Å². The third-order valence-corrected chi connectivity index (χ3v) is 6.13. The SMILES string of the molecule is CCCCC1(CC)C[n+]2cnc(C(C)(C)C)cc2-c2cc(C)cc(C)c21. The summed E-state index contributed by atoms with van der Waals surface area (Å²) in [5.74, 6) is 0. The van der Waals surface area contributed by atoms with Gasteiger partial charge in [0.05, 0.1) is 0 Å². The summed E-state index contributed by atoms with van der Waals surface area (Å²) in [5, 5.41) is 0. The molecular formula is C24H35N2+. The lowest BCUT2D eigenvalue weighted by molar-refractivity contribution is -0.700. The van der Waals surface area contributed by atoms with E-state index in [9.17, 15) is 0 Å². The van der Waals surface area contributed by atoms with E-state index in [4.69, 9.17) is 4.98 Å². The summed E-state index contributed by atoms with van der Waals surface area (Å²) < 4.78 is 2.41. The van der Waals surface area contributed by atoms with Gasteiger partial charge in [-0.15, -0.1) is 0 Å². The molecule has 1 aromatic heterocycles. The zero-order valence-electron chi connectivity index (χ0n) is 17.7. The average Bonchev–Trinajstić information content (AvgIpc) is 2.58. The number of fused-ring (bicyclic) bond motifs is 3. The molecule has 0 radical (unpaired) electrons. The minimum Gasteiger partial charge on any atom is -0.229 e. The Morgan fingerprint density at radius 3 is 2.46 bits per heavy atom. The average molecular weight is 352 g/mol. The molecule has 1 aliphatic rings. The highest BCUT2D eigenvalue weighted by molar-refractivity contribution is 5.68. The smallest absolute Gasteiger partial charge is 0.229 e. The van der Waals surface area contributed by atoms with Gasteiger partial charge in [0.25, 0.3) is 6.33 Å². The molecule has 0 spiro atoms. The quantitative estimate of drug-likeness (QED) is 0.636. The van der Waals surface area contributed by atoms with Gasteiger partial charge in [-0.3, -0.25) is 0 Å². The fourth-order valence-electron chi connectivity index (χ4n) is 4.68. The maximum Gasteiger partial charge on any atom is 0.286 e. The molecule has 0 N–H and O–H groups in total. The molecule has 0 aliphatic carbocycles. The van der Waals surface area contributed by atoms with Crippen LogP contribution in [0.2, 0.25) is 0 Å². The molecule has 2 heteroatoms. The summed E-state index contributed by atoms with van der Waals surface area (Å²) in [6, 6.07) is 7.10. The van der Waals surface area contributed by atoms with Crippen LogP contribution in [-0.2, 0) is 17.4 Å². The largest absolute Gasteiger partial charge is 0.286 e. The Bertz CT molecular complexity index is 814. The van der Waals surface area contributed by atoms with Crippen molar-refractivity contribution in [3.8, 4) is 11.3 Å². The highest BCUT2D eigenvalue weighted by Crippen LogP contribution is 2.44. The van der Waals surface area contributed by atoms with Crippen LogP contribution in [0.25, 0.3) is 11.3 Å². The Hall–Kier alpha value is -1.70. The van der Waals surface area contributed by atoms with E-state index < -0.39 is 0 Å². The Kier molecular flexibility index (Phi) is 4.98. The van der Waals surface area contributed by atoms with Crippen LogP contribution in [0.5, 0.6) is 0 Å². The summed E-state index contributed by atoms with van der Waals surface area (Å²) in [5.41, 5.74) is 8.63. The van der Waals surface area contributed by atoms with Gasteiger partial charge in [0.1, 0.15) is 12.2 Å². The van der Waals surface area contributed by atoms with Crippen molar-refractivity contribution < 1.29 is 4.57 Å². The first-order valence-corrected chi connectivity index (χ1v) is 10.2. The predicted molar refractivity (Wildman–Crippen MR) is 110 cm³/mol. The van der Waals surface area contributed by atoms with Crippen LogP contribution >= 0.6 is 0 Å². The molecule has 3 rings (SSSR count). The molecular weight excluding hydrogens is 316 g/mol. The van der Waals surface area contributed by atoms with Crippen LogP contribution in [0.15, 0.2) is 24.5 Å². The highest BCUT2D eigenvalue weighted by atomic mass is 15.0. The minimum absolute atomic E-state index is 0.0656. The summed E-state index contributed by atoms with van der Waals surface area (Å²) in [6.45, 7) is 17.0. The van der Waals surface area contributed by atoms with E-state index in [1.165, 1.54) is 53.8 Å². The van der Waals surface area contributed by atoms with Gasteiger partial charge in [0.15, 0.2) is 5.69 Å². The van der Waals surface area contributed by atoms with Gasteiger partial charge in [0.2, 0.25) is 0 Å². The fraction of sp³-hybridized carbons (Fsp3) is 0.583. The monoisotopic (exact) mass is 351 g/mol. The number of benzene rings is 1. The summed E-state index contributed by atoms with van der Waals surface area (Å²) in [6.07, 6.45) is 7.05. The van der Waals surface area contributed by atoms with E-state index in [-0.39, 0.29) is 10.8 Å². The fourth-order valence-corrected chi connectivity index (χ4v) is 4.68. The van der Waals surface area contributed by atoms with Gasteiger partial charge in [-0.1, -0.05) is 64.1 Å². The molecule has 1 aromatic carbocycles. The molecule has 26 heavy (non-hydrogen) atoms. The third-order valence-electron chi connectivity index (χ3n) is 6.13. The molecule has 0 saturated heterocycles. The molecule has 0 fully saturated rings. The van der Waals surface area contributed by atoms with E-state index in [0.717, 1.165) is 6.54 Å². The number of unbranched alkanes of at least 4 members (excludes halogenated alkanes) is 1. The molecule has 0 amide bonds. The van der Waals surface area contributed by atoms with Gasteiger partial charge in [0, 0.05) is 22.5 Å². The number of hydrogen-bond acceptors (Lipinski definition) is 1. The van der Waals surface area contributed by atoms with Crippen LogP contribution in [0.4, 0.5) is 0 Å². The Morgan fingerprint density at radius 1 is 1.12 bits per heavy atom. The lowest BCUT2D eigenvalue weighted by atomic mass is 9.68. The van der Waals surface area contributed by atoms with Crippen LogP contribution < -0.4 is 4.57 Å². The molecule has 2 heterocycles. The molecule has 1 unspecified atom stereocenters. The molecule has 1 atom stereocenters. The Labute approximate surface area is 159 Å². The first kappa shape index (κ1) is 19.1. The van der Waals surface area contributed by atoms with Gasteiger partial charge < -0.3 is 0 Å². The first-order chi connectivity index (χ1) is 12.2. The van der Waals surface area contributed by atoms with Crippen molar-refractivity contribution >= 4 is 0 Å². The van der Waals surface area contributed by atoms with E-state index in [0.29, 0.717) is 0 Å². The third kappa shape index (κ3) is 3.19. The number of nitrogens with zero attached hydrogens (tertiary/aromatic N) is 2. The molecule has 2 aromatic rings. The van der Waals surface area contributed by atoms with Crippen molar-refractivity contribution in [2.75, 3.05) is 0 Å². The first-order valence-electron chi connectivity index (χ1n) is 10.2. The lowest BCUT2D eigenvalue weighted by Gasteiger charge is -2.39. The normalized spacial score (nSPS) is 19.2. The predicted octanol–water partition coefficient (Wildman–Crippen LogP) is 5.80. The number of rotatable bonds is 4. The number of aryl methyl sites for hydroxylation is 2.